The van der Waals surface area contributed by atoms with E-state index in [1.807, 2.05) is 13.0 Å². The van der Waals surface area contributed by atoms with E-state index in [1.165, 1.54) is 16.4 Å². The third-order valence-corrected chi connectivity index (χ3v) is 4.19. The summed E-state index contributed by atoms with van der Waals surface area (Å²) in [7, 11) is 0. The van der Waals surface area contributed by atoms with E-state index < -0.39 is 0 Å². The van der Waals surface area contributed by atoms with Gasteiger partial charge in [0.25, 0.3) is 0 Å². The molecule has 0 fully saturated rings. The first kappa shape index (κ1) is 12.4. The molecule has 1 aromatic carbocycles. The summed E-state index contributed by atoms with van der Waals surface area (Å²) in [5, 5.41) is 7.15. The molecule has 0 saturated heterocycles. The highest BCUT2D eigenvalue weighted by molar-refractivity contribution is 7.17. The first-order chi connectivity index (χ1) is 9.28. The van der Waals surface area contributed by atoms with E-state index in [1.54, 1.807) is 11.3 Å². The van der Waals surface area contributed by atoms with Crippen molar-refractivity contribution < 1.29 is 0 Å². The smallest absolute Gasteiger partial charge is 0.138 e. The molecule has 0 spiro atoms. The van der Waals surface area contributed by atoms with Crippen LogP contribution in [0.15, 0.2) is 36.0 Å². The fourth-order valence-corrected chi connectivity index (χ4v) is 3.03. The van der Waals surface area contributed by atoms with Crippen molar-refractivity contribution in [1.29, 1.82) is 0 Å². The minimum atomic E-state index is 0.511. The molecule has 96 valence electrons. The van der Waals surface area contributed by atoms with Crippen LogP contribution >= 0.6 is 22.9 Å². The number of anilines is 2. The Morgan fingerprint density at radius 2 is 2.16 bits per heavy atom. The minimum absolute atomic E-state index is 0.511. The molecule has 2 aromatic heterocycles. The van der Waals surface area contributed by atoms with Crippen molar-refractivity contribution >= 4 is 44.5 Å². The lowest BCUT2D eigenvalue weighted by Gasteiger charge is -2.10. The molecule has 0 aliphatic rings. The largest absolute Gasteiger partial charge is 0.340 e. The number of aromatic nitrogens is 2. The molecular formula is C14H12ClN3S. The van der Waals surface area contributed by atoms with Crippen LogP contribution in [0.5, 0.6) is 0 Å². The maximum Gasteiger partial charge on any atom is 0.138 e. The van der Waals surface area contributed by atoms with Gasteiger partial charge >= 0.3 is 0 Å². The van der Waals surface area contributed by atoms with Crippen LogP contribution in [0, 0.1) is 0 Å². The molecule has 0 aliphatic carbocycles. The molecule has 0 atom stereocenters. The van der Waals surface area contributed by atoms with Gasteiger partial charge in [0, 0.05) is 16.0 Å². The Bertz CT molecular complexity index is 724. The van der Waals surface area contributed by atoms with E-state index >= 15 is 0 Å². The lowest BCUT2D eigenvalue weighted by molar-refractivity contribution is 1.05. The number of thiophene rings is 1. The summed E-state index contributed by atoms with van der Waals surface area (Å²) in [6, 6.07) is 8.38. The van der Waals surface area contributed by atoms with Crippen molar-refractivity contribution in [3.63, 3.8) is 0 Å². The van der Waals surface area contributed by atoms with Gasteiger partial charge in [-0.1, -0.05) is 18.5 Å². The number of hydrogen-bond donors (Lipinski definition) is 1. The molecular weight excluding hydrogens is 278 g/mol. The van der Waals surface area contributed by atoms with E-state index in [-0.39, 0.29) is 0 Å². The summed E-state index contributed by atoms with van der Waals surface area (Å²) >= 11 is 7.82. The van der Waals surface area contributed by atoms with Crippen LogP contribution in [0.4, 0.5) is 11.5 Å². The van der Waals surface area contributed by atoms with E-state index in [9.17, 15) is 0 Å². The van der Waals surface area contributed by atoms with Gasteiger partial charge in [0.15, 0.2) is 0 Å². The van der Waals surface area contributed by atoms with Crippen LogP contribution in [0.3, 0.4) is 0 Å². The Morgan fingerprint density at radius 1 is 1.26 bits per heavy atom. The molecule has 3 aromatic rings. The summed E-state index contributed by atoms with van der Waals surface area (Å²) in [4.78, 5) is 8.28. The maximum atomic E-state index is 6.08. The molecule has 2 heterocycles. The molecule has 0 radical (unpaired) electrons. The van der Waals surface area contributed by atoms with Crippen LogP contribution in [-0.2, 0) is 6.42 Å². The van der Waals surface area contributed by atoms with Gasteiger partial charge < -0.3 is 5.32 Å². The molecule has 0 bridgehead atoms. The Kier molecular flexibility index (Phi) is 3.36. The van der Waals surface area contributed by atoms with Gasteiger partial charge in [-0.15, -0.1) is 11.3 Å². The summed E-state index contributed by atoms with van der Waals surface area (Å²) in [6.07, 6.45) is 2.27. The van der Waals surface area contributed by atoms with Gasteiger partial charge in [0.05, 0.1) is 0 Å². The number of hydrogen-bond acceptors (Lipinski definition) is 4. The molecule has 0 aliphatic heterocycles. The fraction of sp³-hybridized carbons (Fsp3) is 0.143. The van der Waals surface area contributed by atoms with Crippen molar-refractivity contribution in [2.24, 2.45) is 0 Å². The van der Waals surface area contributed by atoms with Crippen LogP contribution < -0.4 is 5.32 Å². The molecule has 1 N–H and O–H groups in total. The number of fused-ring (bicyclic) bond motifs is 1. The lowest BCUT2D eigenvalue weighted by Crippen LogP contribution is -2.00. The molecule has 0 amide bonds. The number of rotatable bonds is 3. The zero-order valence-corrected chi connectivity index (χ0v) is 11.9. The number of nitrogens with zero attached hydrogens (tertiary/aromatic N) is 2. The predicted octanol–water partition coefficient (Wildman–Crippen LogP) is 4.65. The molecule has 3 nitrogen and oxygen atoms in total. The molecule has 0 saturated carbocycles. The highest BCUT2D eigenvalue weighted by Gasteiger charge is 2.08. The van der Waals surface area contributed by atoms with Gasteiger partial charge in [0.1, 0.15) is 17.3 Å². The average Bonchev–Trinajstić information content (AvgIpc) is 2.86. The number of halogens is 1. The third kappa shape index (κ3) is 2.41. The van der Waals surface area contributed by atoms with Crippen LogP contribution in [0.2, 0.25) is 5.15 Å². The Labute approximate surface area is 120 Å². The highest BCUT2D eigenvalue weighted by Crippen LogP contribution is 2.27. The average molecular weight is 290 g/mol. The summed E-state index contributed by atoms with van der Waals surface area (Å²) in [6.45, 7) is 2.04. The second-order valence-electron chi connectivity index (χ2n) is 4.14. The summed E-state index contributed by atoms with van der Waals surface area (Å²) in [5.41, 5.74) is 1.95. The maximum absolute atomic E-state index is 6.08. The third-order valence-electron chi connectivity index (χ3n) is 2.96. The standard InChI is InChI=1S/C14H12ClN3S/c1-2-11-13(15)16-8-17-14(11)18-10-3-4-12-9(7-10)5-6-19-12/h3-8H,2H2,1H3,(H,16,17,18). The van der Waals surface area contributed by atoms with E-state index in [4.69, 9.17) is 11.6 Å². The number of benzene rings is 1. The van der Waals surface area contributed by atoms with Crippen molar-refractivity contribution in [1.82, 2.24) is 9.97 Å². The van der Waals surface area contributed by atoms with Gasteiger partial charge in [-0.05, 0) is 41.5 Å². The summed E-state index contributed by atoms with van der Waals surface area (Å²) < 4.78 is 1.28. The van der Waals surface area contributed by atoms with Gasteiger partial charge in [-0.25, -0.2) is 9.97 Å². The van der Waals surface area contributed by atoms with Gasteiger partial charge in [0.2, 0.25) is 0 Å². The quantitative estimate of drug-likeness (QED) is 0.713. The van der Waals surface area contributed by atoms with E-state index in [2.05, 4.69) is 38.9 Å². The zero-order valence-electron chi connectivity index (χ0n) is 10.4. The van der Waals surface area contributed by atoms with Gasteiger partial charge in [-0.2, -0.15) is 0 Å². The molecule has 5 heteroatoms. The van der Waals surface area contributed by atoms with Crippen molar-refractivity contribution in [3.05, 3.63) is 46.7 Å². The second-order valence-corrected chi connectivity index (χ2v) is 5.45. The Morgan fingerprint density at radius 3 is 3.00 bits per heavy atom. The van der Waals surface area contributed by atoms with Crippen LogP contribution in [0.1, 0.15) is 12.5 Å². The fourth-order valence-electron chi connectivity index (χ4n) is 1.99. The topological polar surface area (TPSA) is 37.8 Å². The zero-order chi connectivity index (χ0) is 13.2. The van der Waals surface area contributed by atoms with Crippen molar-refractivity contribution in [2.75, 3.05) is 5.32 Å². The van der Waals surface area contributed by atoms with E-state index in [0.717, 1.165) is 23.5 Å². The first-order valence-electron chi connectivity index (χ1n) is 6.01. The number of nitrogens with one attached hydrogen (secondary N) is 1. The van der Waals surface area contributed by atoms with E-state index in [0.29, 0.717) is 5.15 Å². The normalized spacial score (nSPS) is 10.8. The minimum Gasteiger partial charge on any atom is -0.340 e. The van der Waals surface area contributed by atoms with Gasteiger partial charge in [-0.3, -0.25) is 0 Å². The van der Waals surface area contributed by atoms with Crippen molar-refractivity contribution in [3.8, 4) is 0 Å². The SMILES string of the molecule is CCc1c(Cl)ncnc1Nc1ccc2sccc2c1. The lowest BCUT2D eigenvalue weighted by atomic mass is 10.2. The Balaban J connectivity index is 1.98. The highest BCUT2D eigenvalue weighted by atomic mass is 35.5. The Hall–Kier alpha value is -1.65. The molecule has 3 rings (SSSR count). The monoisotopic (exact) mass is 289 g/mol. The second kappa shape index (κ2) is 5.15. The van der Waals surface area contributed by atoms with Crippen molar-refractivity contribution in [2.45, 2.75) is 13.3 Å². The first-order valence-corrected chi connectivity index (χ1v) is 7.27. The summed E-state index contributed by atoms with van der Waals surface area (Å²) in [5.74, 6) is 0.775. The molecule has 0 unspecified atom stereocenters. The molecule has 19 heavy (non-hydrogen) atoms. The van der Waals surface area contributed by atoms with Crippen LogP contribution in [-0.4, -0.2) is 9.97 Å². The predicted molar refractivity (Wildman–Crippen MR) is 81.5 cm³/mol. The van der Waals surface area contributed by atoms with Crippen LogP contribution in [0.25, 0.3) is 10.1 Å².